The van der Waals surface area contributed by atoms with E-state index in [-0.39, 0.29) is 18.1 Å². The van der Waals surface area contributed by atoms with E-state index < -0.39 is 5.66 Å². The van der Waals surface area contributed by atoms with Gasteiger partial charge in [0.05, 0.1) is 11.8 Å². The maximum absolute atomic E-state index is 11.6. The van der Waals surface area contributed by atoms with Gasteiger partial charge in [-0.2, -0.15) is 0 Å². The summed E-state index contributed by atoms with van der Waals surface area (Å²) in [5.41, 5.74) is 0.753. The number of carbonyl (C=O) groups excluding carboxylic acids is 1. The molecule has 114 valence electrons. The first-order valence-corrected chi connectivity index (χ1v) is 7.86. The normalized spacial score (nSPS) is 32.1. The summed E-state index contributed by atoms with van der Waals surface area (Å²) in [6.45, 7) is 2.27. The SMILES string of the molecule is CC(=O)NC12CCCC(C(O)C1)N2Cc1ccc(Cl)cc1. The van der Waals surface area contributed by atoms with Crippen molar-refractivity contribution >= 4 is 17.5 Å². The van der Waals surface area contributed by atoms with Gasteiger partial charge in [0.25, 0.3) is 0 Å². The van der Waals surface area contributed by atoms with Gasteiger partial charge in [0.2, 0.25) is 5.91 Å². The molecule has 1 aromatic carbocycles. The number of benzene rings is 1. The Balaban J connectivity index is 1.86. The molecule has 4 nitrogen and oxygen atoms in total. The number of aliphatic hydroxyl groups is 1. The summed E-state index contributed by atoms with van der Waals surface area (Å²) in [6, 6.07) is 7.89. The molecular formula is C16H21ClN2O2. The largest absolute Gasteiger partial charge is 0.391 e. The summed E-state index contributed by atoms with van der Waals surface area (Å²) in [6.07, 6.45) is 3.17. The average molecular weight is 309 g/mol. The van der Waals surface area contributed by atoms with Gasteiger partial charge in [-0.25, -0.2) is 0 Å². The minimum atomic E-state index is -0.395. The molecule has 21 heavy (non-hydrogen) atoms. The highest BCUT2D eigenvalue weighted by Crippen LogP contribution is 2.43. The van der Waals surface area contributed by atoms with E-state index in [1.807, 2.05) is 24.3 Å². The third-order valence-electron chi connectivity index (χ3n) is 4.71. The van der Waals surface area contributed by atoms with Crippen LogP contribution in [0.15, 0.2) is 24.3 Å². The van der Waals surface area contributed by atoms with E-state index in [2.05, 4.69) is 10.2 Å². The Morgan fingerprint density at radius 2 is 2.19 bits per heavy atom. The van der Waals surface area contributed by atoms with Gasteiger partial charge in [-0.1, -0.05) is 23.7 Å². The van der Waals surface area contributed by atoms with Gasteiger partial charge in [-0.15, -0.1) is 0 Å². The number of carbonyl (C=O) groups is 1. The van der Waals surface area contributed by atoms with Crippen LogP contribution in [-0.4, -0.2) is 33.7 Å². The van der Waals surface area contributed by atoms with Gasteiger partial charge in [0.1, 0.15) is 0 Å². The molecule has 2 fully saturated rings. The topological polar surface area (TPSA) is 52.6 Å². The highest BCUT2D eigenvalue weighted by atomic mass is 35.5. The molecule has 3 rings (SSSR count). The third-order valence-corrected chi connectivity index (χ3v) is 4.96. The maximum atomic E-state index is 11.6. The second-order valence-corrected chi connectivity index (χ2v) is 6.63. The van der Waals surface area contributed by atoms with E-state index in [0.29, 0.717) is 6.42 Å². The van der Waals surface area contributed by atoms with E-state index in [1.165, 1.54) is 0 Å². The fourth-order valence-electron chi connectivity index (χ4n) is 3.89. The zero-order chi connectivity index (χ0) is 15.0. The summed E-state index contributed by atoms with van der Waals surface area (Å²) in [4.78, 5) is 13.9. The molecule has 2 aliphatic heterocycles. The van der Waals surface area contributed by atoms with E-state index in [1.54, 1.807) is 6.92 Å². The minimum Gasteiger partial charge on any atom is -0.391 e. The van der Waals surface area contributed by atoms with Crippen molar-refractivity contribution in [3.8, 4) is 0 Å². The van der Waals surface area contributed by atoms with Crippen molar-refractivity contribution < 1.29 is 9.90 Å². The van der Waals surface area contributed by atoms with Crippen molar-refractivity contribution in [2.45, 2.75) is 57.0 Å². The first-order valence-electron chi connectivity index (χ1n) is 7.48. The van der Waals surface area contributed by atoms with Crippen LogP contribution in [0.1, 0.15) is 38.2 Å². The lowest BCUT2D eigenvalue weighted by atomic mass is 9.95. The number of piperidine rings is 1. The van der Waals surface area contributed by atoms with E-state index in [4.69, 9.17) is 11.6 Å². The molecule has 0 aromatic heterocycles. The number of amides is 1. The number of aliphatic hydroxyl groups excluding tert-OH is 1. The van der Waals surface area contributed by atoms with Crippen LogP contribution in [-0.2, 0) is 11.3 Å². The summed E-state index contributed by atoms with van der Waals surface area (Å²) in [7, 11) is 0. The summed E-state index contributed by atoms with van der Waals surface area (Å²) >= 11 is 5.93. The molecule has 0 spiro atoms. The zero-order valence-corrected chi connectivity index (χ0v) is 12.9. The first kappa shape index (κ1) is 14.8. The van der Waals surface area contributed by atoms with Gasteiger partial charge in [0, 0.05) is 31.0 Å². The fraction of sp³-hybridized carbons (Fsp3) is 0.562. The van der Waals surface area contributed by atoms with E-state index in [0.717, 1.165) is 36.4 Å². The van der Waals surface area contributed by atoms with Crippen LogP contribution in [0.3, 0.4) is 0 Å². The zero-order valence-electron chi connectivity index (χ0n) is 12.2. The lowest BCUT2D eigenvalue weighted by molar-refractivity contribution is -0.124. The molecule has 1 amide bonds. The van der Waals surface area contributed by atoms with E-state index >= 15 is 0 Å². The van der Waals surface area contributed by atoms with Crippen molar-refractivity contribution in [2.75, 3.05) is 0 Å². The van der Waals surface area contributed by atoms with Crippen LogP contribution in [0.4, 0.5) is 0 Å². The van der Waals surface area contributed by atoms with Crippen LogP contribution in [0, 0.1) is 0 Å². The van der Waals surface area contributed by atoms with Crippen molar-refractivity contribution in [1.82, 2.24) is 10.2 Å². The van der Waals surface area contributed by atoms with Crippen LogP contribution < -0.4 is 5.32 Å². The van der Waals surface area contributed by atoms with Gasteiger partial charge >= 0.3 is 0 Å². The van der Waals surface area contributed by atoms with Crippen LogP contribution in [0.25, 0.3) is 0 Å². The number of fused-ring (bicyclic) bond motifs is 2. The van der Waals surface area contributed by atoms with Gasteiger partial charge < -0.3 is 10.4 Å². The Morgan fingerprint density at radius 3 is 2.86 bits per heavy atom. The second kappa shape index (κ2) is 5.59. The minimum absolute atomic E-state index is 0.0362. The van der Waals surface area contributed by atoms with Crippen molar-refractivity contribution in [3.63, 3.8) is 0 Å². The number of hydrogen-bond donors (Lipinski definition) is 2. The predicted octanol–water partition coefficient (Wildman–Crippen LogP) is 2.29. The number of rotatable bonds is 3. The Hall–Kier alpha value is -1.10. The van der Waals surface area contributed by atoms with Gasteiger partial charge in [-0.05, 0) is 37.0 Å². The average Bonchev–Trinajstić information content (AvgIpc) is 2.56. The predicted molar refractivity (Wildman–Crippen MR) is 81.8 cm³/mol. The van der Waals surface area contributed by atoms with Crippen LogP contribution in [0.2, 0.25) is 5.02 Å². The molecule has 0 saturated carbocycles. The number of nitrogens with one attached hydrogen (secondary N) is 1. The molecule has 2 N–H and O–H groups in total. The number of halogens is 1. The summed E-state index contributed by atoms with van der Waals surface area (Å²) in [5, 5.41) is 14.2. The standard InChI is InChI=1S/C16H21ClN2O2/c1-11(20)18-16-8-2-3-14(15(21)9-16)19(16)10-12-4-6-13(17)7-5-12/h4-7,14-15,21H,2-3,8-10H2,1H3,(H,18,20). The summed E-state index contributed by atoms with van der Waals surface area (Å²) in [5.74, 6) is -0.0362. The molecular weight excluding hydrogens is 288 g/mol. The molecule has 0 radical (unpaired) electrons. The van der Waals surface area contributed by atoms with E-state index in [9.17, 15) is 9.90 Å². The number of hydrogen-bond acceptors (Lipinski definition) is 3. The van der Waals surface area contributed by atoms with Crippen molar-refractivity contribution in [3.05, 3.63) is 34.9 Å². The van der Waals surface area contributed by atoms with Gasteiger partial charge in [0.15, 0.2) is 0 Å². The molecule has 5 heteroatoms. The van der Waals surface area contributed by atoms with Crippen molar-refractivity contribution in [1.29, 1.82) is 0 Å². The highest BCUT2D eigenvalue weighted by Gasteiger charge is 2.53. The molecule has 2 heterocycles. The molecule has 2 saturated heterocycles. The highest BCUT2D eigenvalue weighted by molar-refractivity contribution is 6.30. The van der Waals surface area contributed by atoms with Crippen LogP contribution >= 0.6 is 11.6 Å². The molecule has 0 aliphatic carbocycles. The van der Waals surface area contributed by atoms with Gasteiger partial charge in [-0.3, -0.25) is 9.69 Å². The first-order chi connectivity index (χ1) is 10.00. The molecule has 1 aromatic rings. The second-order valence-electron chi connectivity index (χ2n) is 6.20. The fourth-order valence-corrected chi connectivity index (χ4v) is 4.02. The third kappa shape index (κ3) is 2.80. The molecule has 3 unspecified atom stereocenters. The Kier molecular flexibility index (Phi) is 3.95. The smallest absolute Gasteiger partial charge is 0.218 e. The lowest BCUT2D eigenvalue weighted by Gasteiger charge is -2.45. The maximum Gasteiger partial charge on any atom is 0.218 e. The van der Waals surface area contributed by atoms with Crippen molar-refractivity contribution in [2.24, 2.45) is 0 Å². The Bertz CT molecular complexity index is 534. The Morgan fingerprint density at radius 1 is 1.48 bits per heavy atom. The summed E-state index contributed by atoms with van der Waals surface area (Å²) < 4.78 is 0. The molecule has 3 atom stereocenters. The lowest BCUT2D eigenvalue weighted by Crippen LogP contribution is -2.60. The van der Waals surface area contributed by atoms with Crippen LogP contribution in [0.5, 0.6) is 0 Å². The molecule has 2 bridgehead atoms. The molecule has 2 aliphatic rings. The monoisotopic (exact) mass is 308 g/mol. The quantitative estimate of drug-likeness (QED) is 0.901. The Labute approximate surface area is 130 Å². The number of nitrogens with zero attached hydrogens (tertiary/aromatic N) is 1.